The lowest BCUT2D eigenvalue weighted by atomic mass is 10.1. The van der Waals surface area contributed by atoms with Crippen molar-refractivity contribution in [3.8, 4) is 0 Å². The van der Waals surface area contributed by atoms with Crippen LogP contribution in [0.1, 0.15) is 50.3 Å². The molecule has 0 unspecified atom stereocenters. The Hall–Kier alpha value is -2.04. The van der Waals surface area contributed by atoms with Gasteiger partial charge in [0.15, 0.2) is 9.84 Å². The number of nitrogens with one attached hydrogen (secondary N) is 2. The van der Waals surface area contributed by atoms with Crippen LogP contribution in [-0.4, -0.2) is 91.0 Å². The number of rotatable bonds is 8. The number of hydrogen-bond donors (Lipinski definition) is 2. The van der Waals surface area contributed by atoms with Gasteiger partial charge in [0.05, 0.1) is 28.7 Å². The van der Waals surface area contributed by atoms with Gasteiger partial charge in [-0.1, -0.05) is 12.8 Å². The van der Waals surface area contributed by atoms with E-state index in [2.05, 4.69) is 21.3 Å². The normalized spacial score (nSPS) is 21.9. The highest BCUT2D eigenvalue weighted by atomic mass is 32.2. The number of thioether (sulfide) groups is 1. The van der Waals surface area contributed by atoms with Crippen LogP contribution in [-0.2, 0) is 20.4 Å². The lowest BCUT2D eigenvalue weighted by Crippen LogP contribution is -2.48. The number of aromatic nitrogens is 1. The van der Waals surface area contributed by atoms with Gasteiger partial charge in [0.1, 0.15) is 5.04 Å². The maximum atomic E-state index is 12.0. The fourth-order valence-electron chi connectivity index (χ4n) is 5.54. The third kappa shape index (κ3) is 6.26. The monoisotopic (exact) mass is 531 g/mol. The van der Waals surface area contributed by atoms with Crippen molar-refractivity contribution in [2.75, 3.05) is 50.0 Å². The smallest absolute Gasteiger partial charge is 0.219 e. The number of anilines is 1. The molecule has 2 aliphatic heterocycles. The molecular weight excluding hydrogens is 494 g/mol. The van der Waals surface area contributed by atoms with Crippen molar-refractivity contribution in [3.05, 3.63) is 29.5 Å². The van der Waals surface area contributed by atoms with Gasteiger partial charge in [-0.3, -0.25) is 14.7 Å². The Labute approximate surface area is 218 Å². The number of carbonyl (C=O) groups is 1. The van der Waals surface area contributed by atoms with Gasteiger partial charge in [0, 0.05) is 63.1 Å². The number of nitrogens with zero attached hydrogens (tertiary/aromatic N) is 3. The molecule has 10 heteroatoms. The van der Waals surface area contributed by atoms with Crippen molar-refractivity contribution >= 4 is 49.1 Å². The number of hydrogen-bond acceptors (Lipinski definition) is 7. The lowest BCUT2D eigenvalue weighted by molar-refractivity contribution is -0.130. The molecule has 8 nitrogen and oxygen atoms in total. The maximum Gasteiger partial charge on any atom is 0.219 e. The Bertz CT molecular complexity index is 1240. The second-order valence-corrected chi connectivity index (χ2v) is 13.7. The molecule has 2 aromatic rings. The second kappa shape index (κ2) is 10.8. The zero-order chi connectivity index (χ0) is 25.3. The van der Waals surface area contributed by atoms with Crippen LogP contribution in [0.25, 0.3) is 10.9 Å². The van der Waals surface area contributed by atoms with Crippen molar-refractivity contribution in [2.24, 2.45) is 4.99 Å². The molecule has 0 radical (unpaired) electrons. The number of amides is 1. The minimum atomic E-state index is -3.12. The van der Waals surface area contributed by atoms with E-state index in [9.17, 15) is 13.2 Å². The molecule has 3 aliphatic rings. The van der Waals surface area contributed by atoms with Crippen molar-refractivity contribution < 1.29 is 13.2 Å². The number of sulfone groups is 1. The van der Waals surface area contributed by atoms with E-state index in [0.717, 1.165) is 90.6 Å². The second-order valence-electron chi connectivity index (χ2n) is 10.5. The van der Waals surface area contributed by atoms with Gasteiger partial charge >= 0.3 is 0 Å². The summed E-state index contributed by atoms with van der Waals surface area (Å²) in [6, 6.07) is 6.85. The summed E-state index contributed by atoms with van der Waals surface area (Å²) in [5.74, 6) is 1.19. The Morgan fingerprint density at radius 3 is 2.61 bits per heavy atom. The fourth-order valence-corrected chi connectivity index (χ4v) is 7.39. The largest absolute Gasteiger partial charge is 0.381 e. The van der Waals surface area contributed by atoms with Crippen molar-refractivity contribution in [3.63, 3.8) is 0 Å². The maximum absolute atomic E-state index is 12.0. The number of aliphatic imine (C=N–C) groups is 1. The summed E-state index contributed by atoms with van der Waals surface area (Å²) in [5.41, 5.74) is 3.86. The Balaban J connectivity index is 1.29. The van der Waals surface area contributed by atoms with Gasteiger partial charge in [0.25, 0.3) is 0 Å². The molecule has 0 bridgehead atoms. The molecule has 1 amide bonds. The molecule has 1 aromatic heterocycles. The molecule has 1 aromatic carbocycles. The highest BCUT2D eigenvalue weighted by Crippen LogP contribution is 2.33. The topological polar surface area (TPSA) is 97.9 Å². The van der Waals surface area contributed by atoms with Crippen LogP contribution in [0.5, 0.6) is 0 Å². The van der Waals surface area contributed by atoms with Crippen LogP contribution in [0.2, 0.25) is 0 Å². The molecule has 2 fully saturated rings. The van der Waals surface area contributed by atoms with Gasteiger partial charge in [0.2, 0.25) is 5.91 Å². The lowest BCUT2D eigenvalue weighted by Gasteiger charge is -2.34. The summed E-state index contributed by atoms with van der Waals surface area (Å²) in [6.45, 7) is 6.15. The third-order valence-electron chi connectivity index (χ3n) is 7.47. The molecule has 36 heavy (non-hydrogen) atoms. The summed E-state index contributed by atoms with van der Waals surface area (Å²) < 4.78 is 24.0. The predicted octanol–water partition coefficient (Wildman–Crippen LogP) is 3.48. The molecule has 2 N–H and O–H groups in total. The number of piperazine rings is 1. The number of fused-ring (bicyclic) bond motifs is 1. The van der Waals surface area contributed by atoms with E-state index in [1.54, 1.807) is 18.7 Å². The third-order valence-corrected chi connectivity index (χ3v) is 9.48. The van der Waals surface area contributed by atoms with Crippen molar-refractivity contribution in [2.45, 2.75) is 56.9 Å². The van der Waals surface area contributed by atoms with Gasteiger partial charge in [-0.05, 0) is 43.0 Å². The van der Waals surface area contributed by atoms with Crippen LogP contribution in [0.15, 0.2) is 23.2 Å². The molecule has 5 rings (SSSR count). The quantitative estimate of drug-likeness (QED) is 0.541. The van der Waals surface area contributed by atoms with Gasteiger partial charge in [-0.25, -0.2) is 8.42 Å². The highest BCUT2D eigenvalue weighted by molar-refractivity contribution is 8.14. The van der Waals surface area contributed by atoms with E-state index in [-0.39, 0.29) is 11.7 Å². The summed E-state index contributed by atoms with van der Waals surface area (Å²) in [4.78, 5) is 24.5. The van der Waals surface area contributed by atoms with Crippen molar-refractivity contribution in [1.82, 2.24) is 14.8 Å². The van der Waals surface area contributed by atoms with Crippen molar-refractivity contribution in [1.29, 1.82) is 0 Å². The van der Waals surface area contributed by atoms with E-state index in [1.165, 1.54) is 19.1 Å². The average molecular weight is 532 g/mol. The number of benzene rings is 1. The minimum Gasteiger partial charge on any atom is -0.381 e. The molecule has 196 valence electrons. The van der Waals surface area contributed by atoms with E-state index < -0.39 is 9.84 Å². The number of H-pyrrole nitrogens is 1. The average Bonchev–Trinajstić information content (AvgIpc) is 3.57. The van der Waals surface area contributed by atoms with Crippen LogP contribution in [0.3, 0.4) is 0 Å². The van der Waals surface area contributed by atoms with Gasteiger partial charge in [-0.2, -0.15) is 0 Å². The Kier molecular flexibility index (Phi) is 7.65. The molecular formula is C26H37N5O3S2. The Morgan fingerprint density at radius 1 is 1.17 bits per heavy atom. The van der Waals surface area contributed by atoms with Crippen LogP contribution in [0.4, 0.5) is 5.69 Å². The standard InChI is InChI=1S/C26H37N5O3S2/c1-18(32)31-11-9-30(10-12-31)8-7-22-16-35-26(28-22)24-15-20-13-19(17-36(2,33)34)14-23(25(20)29-24)27-21-5-3-4-6-21/h13-15,21-22,27,29H,3-12,16-17H2,1-2H3/t22-/m1/s1. The minimum absolute atomic E-state index is 0.0429. The Morgan fingerprint density at radius 2 is 1.92 bits per heavy atom. The van der Waals surface area contributed by atoms with E-state index in [0.29, 0.717) is 12.1 Å². The number of carbonyl (C=O) groups excluding carboxylic acids is 1. The van der Waals surface area contributed by atoms with Crippen LogP contribution >= 0.6 is 11.8 Å². The summed E-state index contributed by atoms with van der Waals surface area (Å²) in [7, 11) is -3.12. The summed E-state index contributed by atoms with van der Waals surface area (Å²) in [6.07, 6.45) is 7.09. The molecule has 1 saturated carbocycles. The number of aromatic amines is 1. The first-order valence-corrected chi connectivity index (χ1v) is 16.1. The van der Waals surface area contributed by atoms with Gasteiger partial charge in [-0.15, -0.1) is 11.8 Å². The SMILES string of the molecule is CC(=O)N1CCN(CC[C@@H]2CSC(c3cc4cc(CS(C)(=O)=O)cc(NC5CCCC5)c4[nH]3)=N2)CC1. The molecule has 0 spiro atoms. The summed E-state index contributed by atoms with van der Waals surface area (Å²) in [5, 5.41) is 5.75. The van der Waals surface area contributed by atoms with E-state index >= 15 is 0 Å². The zero-order valence-corrected chi connectivity index (χ0v) is 22.9. The van der Waals surface area contributed by atoms with E-state index in [4.69, 9.17) is 4.99 Å². The first-order valence-electron chi connectivity index (χ1n) is 13.0. The molecule has 1 atom stereocenters. The fraction of sp³-hybridized carbons (Fsp3) is 0.615. The van der Waals surface area contributed by atoms with Crippen LogP contribution in [0, 0.1) is 0 Å². The van der Waals surface area contributed by atoms with Gasteiger partial charge < -0.3 is 15.2 Å². The first-order chi connectivity index (χ1) is 17.2. The molecule has 3 heterocycles. The highest BCUT2D eigenvalue weighted by Gasteiger charge is 2.24. The van der Waals surface area contributed by atoms with E-state index in [1.807, 2.05) is 17.0 Å². The molecule has 1 saturated heterocycles. The zero-order valence-electron chi connectivity index (χ0n) is 21.3. The summed E-state index contributed by atoms with van der Waals surface area (Å²) >= 11 is 1.79. The van der Waals surface area contributed by atoms with Crippen LogP contribution < -0.4 is 5.32 Å². The molecule has 1 aliphatic carbocycles. The predicted molar refractivity (Wildman–Crippen MR) is 149 cm³/mol. The first kappa shape index (κ1) is 25.6.